The first kappa shape index (κ1) is 8.24. The highest BCUT2D eigenvalue weighted by Gasteiger charge is 2.11. The third-order valence-corrected chi connectivity index (χ3v) is 3.72. The van der Waals surface area contributed by atoms with E-state index in [1.54, 1.807) is 11.3 Å². The summed E-state index contributed by atoms with van der Waals surface area (Å²) in [6, 6.07) is 4.49. The molecule has 14 heavy (non-hydrogen) atoms. The van der Waals surface area contributed by atoms with Crippen molar-refractivity contribution in [1.29, 1.82) is 0 Å². The lowest BCUT2D eigenvalue weighted by atomic mass is 9.92. The summed E-state index contributed by atoms with van der Waals surface area (Å²) in [6.07, 6.45) is 5.08. The minimum atomic E-state index is 0.683. The molecule has 0 fully saturated rings. The second-order valence-electron chi connectivity index (χ2n) is 3.85. The number of nitrogen functional groups attached to an aromatic ring is 1. The second kappa shape index (κ2) is 2.95. The van der Waals surface area contributed by atoms with E-state index in [-0.39, 0.29) is 0 Å². The van der Waals surface area contributed by atoms with E-state index in [0.29, 0.717) is 5.13 Å². The molecule has 2 aromatic rings. The van der Waals surface area contributed by atoms with E-state index in [2.05, 4.69) is 17.1 Å². The van der Waals surface area contributed by atoms with Gasteiger partial charge in [0, 0.05) is 0 Å². The predicted octanol–water partition coefficient (Wildman–Crippen LogP) is 2.76. The van der Waals surface area contributed by atoms with Gasteiger partial charge in [0.25, 0.3) is 0 Å². The highest BCUT2D eigenvalue weighted by atomic mass is 32.1. The maximum atomic E-state index is 5.70. The lowest BCUT2D eigenvalue weighted by molar-refractivity contribution is 0.687. The van der Waals surface area contributed by atoms with E-state index in [1.165, 1.54) is 41.5 Å². The molecule has 0 bridgehead atoms. The summed E-state index contributed by atoms with van der Waals surface area (Å²) in [4.78, 5) is 4.32. The van der Waals surface area contributed by atoms with Gasteiger partial charge in [0.1, 0.15) is 0 Å². The van der Waals surface area contributed by atoms with Gasteiger partial charge in [-0.3, -0.25) is 0 Å². The fourth-order valence-corrected chi connectivity index (χ4v) is 2.95. The predicted molar refractivity (Wildman–Crippen MR) is 60.7 cm³/mol. The van der Waals surface area contributed by atoms with Gasteiger partial charge in [0.05, 0.1) is 10.2 Å². The van der Waals surface area contributed by atoms with E-state index in [0.717, 1.165) is 5.52 Å². The monoisotopic (exact) mass is 204 g/mol. The van der Waals surface area contributed by atoms with Crippen LogP contribution >= 0.6 is 11.3 Å². The quantitative estimate of drug-likeness (QED) is 0.716. The molecule has 0 saturated heterocycles. The number of thiazole rings is 1. The minimum Gasteiger partial charge on any atom is -0.375 e. The van der Waals surface area contributed by atoms with Gasteiger partial charge in [0.2, 0.25) is 0 Å². The summed E-state index contributed by atoms with van der Waals surface area (Å²) in [6.45, 7) is 0. The van der Waals surface area contributed by atoms with Crippen LogP contribution in [0.25, 0.3) is 10.2 Å². The van der Waals surface area contributed by atoms with Gasteiger partial charge in [-0.15, -0.1) is 0 Å². The number of hydrogen-bond donors (Lipinski definition) is 1. The largest absolute Gasteiger partial charge is 0.375 e. The Kier molecular flexibility index (Phi) is 1.74. The van der Waals surface area contributed by atoms with Crippen LogP contribution in [0.4, 0.5) is 5.13 Å². The summed E-state index contributed by atoms with van der Waals surface area (Å²) in [7, 11) is 0. The Labute approximate surface area is 86.8 Å². The van der Waals surface area contributed by atoms with Crippen molar-refractivity contribution in [2.75, 3.05) is 5.73 Å². The molecule has 1 aromatic carbocycles. The zero-order chi connectivity index (χ0) is 9.54. The zero-order valence-electron chi connectivity index (χ0n) is 7.92. The minimum absolute atomic E-state index is 0.683. The molecule has 1 aliphatic rings. The molecule has 0 spiro atoms. The number of rotatable bonds is 0. The Morgan fingerprint density at radius 3 is 2.64 bits per heavy atom. The van der Waals surface area contributed by atoms with Crippen LogP contribution in [0.2, 0.25) is 0 Å². The van der Waals surface area contributed by atoms with Crippen molar-refractivity contribution in [3.63, 3.8) is 0 Å². The number of nitrogens with zero attached hydrogens (tertiary/aromatic N) is 1. The summed E-state index contributed by atoms with van der Waals surface area (Å²) in [5.41, 5.74) is 9.76. The molecule has 0 aliphatic heterocycles. The number of anilines is 1. The molecule has 0 atom stereocenters. The standard InChI is InChI=1S/C11H12N2S/c12-11-13-9-5-7-3-1-2-4-8(7)6-10(9)14-11/h5-6H,1-4H2,(H2,12,13). The lowest BCUT2D eigenvalue weighted by Gasteiger charge is -2.14. The van der Waals surface area contributed by atoms with Crippen LogP contribution in [-0.4, -0.2) is 4.98 Å². The Balaban J connectivity index is 2.26. The molecule has 1 aliphatic carbocycles. The van der Waals surface area contributed by atoms with E-state index in [4.69, 9.17) is 5.73 Å². The van der Waals surface area contributed by atoms with E-state index in [1.807, 2.05) is 0 Å². The maximum Gasteiger partial charge on any atom is 0.181 e. The van der Waals surface area contributed by atoms with E-state index >= 15 is 0 Å². The van der Waals surface area contributed by atoms with Crippen LogP contribution in [0, 0.1) is 0 Å². The first-order valence-electron chi connectivity index (χ1n) is 5.01. The number of hydrogen-bond acceptors (Lipinski definition) is 3. The molecule has 2 nitrogen and oxygen atoms in total. The van der Waals surface area contributed by atoms with Crippen LogP contribution in [-0.2, 0) is 12.8 Å². The molecule has 3 heteroatoms. The van der Waals surface area contributed by atoms with E-state index in [9.17, 15) is 0 Å². The van der Waals surface area contributed by atoms with Crippen LogP contribution in [0.1, 0.15) is 24.0 Å². The summed E-state index contributed by atoms with van der Waals surface area (Å²) in [5, 5.41) is 0.683. The molecule has 0 radical (unpaired) electrons. The molecule has 0 saturated carbocycles. The molecular weight excluding hydrogens is 192 g/mol. The molecular formula is C11H12N2S. The number of fused-ring (bicyclic) bond motifs is 2. The molecule has 1 aromatic heterocycles. The first-order chi connectivity index (χ1) is 6.83. The molecule has 2 N–H and O–H groups in total. The average Bonchev–Trinajstić information content (AvgIpc) is 2.53. The summed E-state index contributed by atoms with van der Waals surface area (Å²) in [5.74, 6) is 0. The maximum absolute atomic E-state index is 5.70. The first-order valence-corrected chi connectivity index (χ1v) is 5.82. The van der Waals surface area contributed by atoms with Gasteiger partial charge in [-0.1, -0.05) is 11.3 Å². The summed E-state index contributed by atoms with van der Waals surface area (Å²) >= 11 is 1.59. The molecule has 0 amide bonds. The third-order valence-electron chi connectivity index (χ3n) is 2.87. The smallest absolute Gasteiger partial charge is 0.181 e. The zero-order valence-corrected chi connectivity index (χ0v) is 8.73. The lowest BCUT2D eigenvalue weighted by Crippen LogP contribution is -2.01. The number of aromatic nitrogens is 1. The van der Waals surface area contributed by atoms with Gasteiger partial charge >= 0.3 is 0 Å². The fourth-order valence-electron chi connectivity index (χ4n) is 2.17. The second-order valence-corrected chi connectivity index (χ2v) is 4.91. The van der Waals surface area contributed by atoms with Crippen molar-refractivity contribution < 1.29 is 0 Å². The van der Waals surface area contributed by atoms with Crippen LogP contribution in [0.15, 0.2) is 12.1 Å². The Hall–Kier alpha value is -1.09. The van der Waals surface area contributed by atoms with Gasteiger partial charge in [0.15, 0.2) is 5.13 Å². The molecule has 72 valence electrons. The van der Waals surface area contributed by atoms with Gasteiger partial charge in [-0.2, -0.15) is 0 Å². The highest BCUT2D eigenvalue weighted by molar-refractivity contribution is 7.22. The summed E-state index contributed by atoms with van der Waals surface area (Å²) < 4.78 is 1.24. The van der Waals surface area contributed by atoms with Crippen molar-refractivity contribution in [2.45, 2.75) is 25.7 Å². The molecule has 0 unspecified atom stereocenters. The Bertz CT molecular complexity index is 444. The number of aryl methyl sites for hydroxylation is 2. The van der Waals surface area contributed by atoms with Crippen LogP contribution in [0.5, 0.6) is 0 Å². The molecule has 1 heterocycles. The van der Waals surface area contributed by atoms with E-state index < -0.39 is 0 Å². The van der Waals surface area contributed by atoms with Crippen molar-refractivity contribution in [2.24, 2.45) is 0 Å². The van der Waals surface area contributed by atoms with Crippen LogP contribution in [0.3, 0.4) is 0 Å². The van der Waals surface area contributed by atoms with Gasteiger partial charge in [-0.25, -0.2) is 4.98 Å². The van der Waals surface area contributed by atoms with Crippen molar-refractivity contribution >= 4 is 26.7 Å². The van der Waals surface area contributed by atoms with Gasteiger partial charge in [-0.05, 0) is 48.9 Å². The molecule has 3 rings (SSSR count). The van der Waals surface area contributed by atoms with Gasteiger partial charge < -0.3 is 5.73 Å². The Morgan fingerprint density at radius 1 is 1.14 bits per heavy atom. The average molecular weight is 204 g/mol. The highest BCUT2D eigenvalue weighted by Crippen LogP contribution is 2.30. The topological polar surface area (TPSA) is 38.9 Å². The van der Waals surface area contributed by atoms with Crippen molar-refractivity contribution in [1.82, 2.24) is 4.98 Å². The normalized spacial score (nSPS) is 15.7. The number of nitrogens with two attached hydrogens (primary N) is 1. The Morgan fingerprint density at radius 2 is 1.86 bits per heavy atom. The fraction of sp³-hybridized carbons (Fsp3) is 0.364. The van der Waals surface area contributed by atoms with Crippen molar-refractivity contribution in [3.8, 4) is 0 Å². The van der Waals surface area contributed by atoms with Crippen molar-refractivity contribution in [3.05, 3.63) is 23.3 Å². The third kappa shape index (κ3) is 1.20. The van der Waals surface area contributed by atoms with Crippen LogP contribution < -0.4 is 5.73 Å². The number of benzene rings is 1. The SMILES string of the molecule is Nc1nc2cc3c(cc2s1)CCCC3.